The summed E-state index contributed by atoms with van der Waals surface area (Å²) < 4.78 is 19.0. The molecule has 1 aliphatic rings. The van der Waals surface area contributed by atoms with Gasteiger partial charge in [0.2, 0.25) is 0 Å². The quantitative estimate of drug-likeness (QED) is 0.799. The fourth-order valence-electron chi connectivity index (χ4n) is 2.11. The van der Waals surface area contributed by atoms with Gasteiger partial charge in [-0.25, -0.2) is 4.98 Å². The molecule has 2 unspecified atom stereocenters. The Morgan fingerprint density at radius 3 is 3.17 bits per heavy atom. The molecule has 1 aromatic rings. The molecule has 2 atom stereocenters. The molecule has 1 aliphatic heterocycles. The van der Waals surface area contributed by atoms with E-state index >= 15 is 0 Å². The van der Waals surface area contributed by atoms with Crippen LogP contribution >= 0.6 is 0 Å². The van der Waals surface area contributed by atoms with E-state index in [9.17, 15) is 5.11 Å². The molecule has 0 saturated carbocycles. The zero-order valence-corrected chi connectivity index (χ0v) is 11.6. The lowest BCUT2D eigenvalue weighted by molar-refractivity contribution is 0.00304. The van der Waals surface area contributed by atoms with Crippen molar-refractivity contribution in [2.75, 3.05) is 26.6 Å². The van der Waals surface area contributed by atoms with Gasteiger partial charge in [0.25, 0.3) is 0 Å². The Morgan fingerprint density at radius 2 is 2.50 bits per heavy atom. The van der Waals surface area contributed by atoms with E-state index < -0.39 is 8.56 Å². The van der Waals surface area contributed by atoms with E-state index in [0.717, 1.165) is 12.5 Å². The van der Waals surface area contributed by atoms with E-state index in [0.29, 0.717) is 19.8 Å². The van der Waals surface area contributed by atoms with E-state index in [2.05, 4.69) is 4.98 Å². The molecule has 7 heteroatoms. The zero-order chi connectivity index (χ0) is 12.8. The van der Waals surface area contributed by atoms with Crippen molar-refractivity contribution >= 4 is 8.56 Å². The van der Waals surface area contributed by atoms with Crippen LogP contribution in [0.3, 0.4) is 0 Å². The average molecular weight is 272 g/mol. The van der Waals surface area contributed by atoms with Crippen molar-refractivity contribution in [2.45, 2.75) is 25.1 Å². The first kappa shape index (κ1) is 13.7. The van der Waals surface area contributed by atoms with Crippen molar-refractivity contribution in [3.8, 4) is 0 Å². The second-order valence-corrected chi connectivity index (χ2v) is 7.73. The predicted octanol–water partition coefficient (Wildman–Crippen LogP) is 0.309. The minimum absolute atomic E-state index is 0.00999. The SMILES string of the molecule is CO[Si]1(CO)CCCOCC(Cn2ccnc2)O1. The Kier molecular flexibility index (Phi) is 4.90. The first-order valence-electron chi connectivity index (χ1n) is 6.15. The van der Waals surface area contributed by atoms with Crippen molar-refractivity contribution in [2.24, 2.45) is 0 Å². The van der Waals surface area contributed by atoms with Gasteiger partial charge < -0.3 is 23.3 Å². The molecule has 2 heterocycles. The van der Waals surface area contributed by atoms with Crippen LogP contribution < -0.4 is 0 Å². The van der Waals surface area contributed by atoms with Crippen LogP contribution in [0.4, 0.5) is 0 Å². The standard InChI is InChI=1S/C11H20N2O4Si/c1-15-18(10-14)6-2-5-16-8-11(17-18)7-13-4-3-12-9-13/h3-4,9,11,14H,2,5-8,10H2,1H3. The summed E-state index contributed by atoms with van der Waals surface area (Å²) in [4.78, 5) is 4.00. The van der Waals surface area contributed by atoms with Gasteiger partial charge in [0.05, 0.1) is 31.8 Å². The van der Waals surface area contributed by atoms with Crippen LogP contribution in [0.25, 0.3) is 0 Å². The lowest BCUT2D eigenvalue weighted by Gasteiger charge is -2.34. The first-order valence-corrected chi connectivity index (χ1v) is 8.38. The number of rotatable bonds is 4. The van der Waals surface area contributed by atoms with Gasteiger partial charge in [-0.05, 0) is 12.5 Å². The van der Waals surface area contributed by atoms with Crippen molar-refractivity contribution in [1.29, 1.82) is 0 Å². The van der Waals surface area contributed by atoms with Gasteiger partial charge in [0.1, 0.15) is 0 Å². The minimum Gasteiger partial charge on any atom is -0.396 e. The molecule has 0 radical (unpaired) electrons. The van der Waals surface area contributed by atoms with E-state index in [1.807, 2.05) is 10.8 Å². The fourth-order valence-corrected chi connectivity index (χ4v) is 4.32. The summed E-state index contributed by atoms with van der Waals surface area (Å²) in [5.41, 5.74) is 0. The third-order valence-corrected chi connectivity index (χ3v) is 6.22. The Labute approximate surface area is 108 Å². The van der Waals surface area contributed by atoms with Crippen LogP contribution in [0.15, 0.2) is 18.7 Å². The highest BCUT2D eigenvalue weighted by molar-refractivity contribution is 6.67. The molecule has 6 nitrogen and oxygen atoms in total. The lowest BCUT2D eigenvalue weighted by Crippen LogP contribution is -2.51. The van der Waals surface area contributed by atoms with Crippen LogP contribution in [-0.2, 0) is 20.1 Å². The highest BCUT2D eigenvalue weighted by atomic mass is 28.4. The maximum atomic E-state index is 9.55. The largest absolute Gasteiger partial charge is 0.396 e. The number of aliphatic hydroxyl groups excluding tert-OH is 1. The summed E-state index contributed by atoms with van der Waals surface area (Å²) in [5.74, 6) is 0. The number of hydrogen-bond acceptors (Lipinski definition) is 5. The fraction of sp³-hybridized carbons (Fsp3) is 0.727. The topological polar surface area (TPSA) is 65.7 Å². The highest BCUT2D eigenvalue weighted by Gasteiger charge is 2.39. The van der Waals surface area contributed by atoms with E-state index in [1.54, 1.807) is 19.6 Å². The summed E-state index contributed by atoms with van der Waals surface area (Å²) >= 11 is 0. The maximum Gasteiger partial charge on any atom is 0.364 e. The Hall–Kier alpha value is -0.733. The normalized spacial score (nSPS) is 29.8. The number of imidazole rings is 1. The van der Waals surface area contributed by atoms with Crippen molar-refractivity contribution in [3.63, 3.8) is 0 Å². The summed E-state index contributed by atoms with van der Waals surface area (Å²) in [6.45, 7) is 1.89. The van der Waals surface area contributed by atoms with Gasteiger partial charge in [-0.1, -0.05) is 0 Å². The smallest absolute Gasteiger partial charge is 0.364 e. The van der Waals surface area contributed by atoms with Gasteiger partial charge in [0.15, 0.2) is 0 Å². The van der Waals surface area contributed by atoms with E-state index in [-0.39, 0.29) is 12.3 Å². The summed E-state index contributed by atoms with van der Waals surface area (Å²) in [7, 11) is -0.844. The Morgan fingerprint density at radius 1 is 1.61 bits per heavy atom. The molecule has 102 valence electrons. The van der Waals surface area contributed by atoms with Gasteiger partial charge >= 0.3 is 8.56 Å². The van der Waals surface area contributed by atoms with Crippen LogP contribution in [-0.4, -0.2) is 55.9 Å². The first-order chi connectivity index (χ1) is 8.78. The van der Waals surface area contributed by atoms with Crippen LogP contribution in [0.2, 0.25) is 6.04 Å². The van der Waals surface area contributed by atoms with Crippen LogP contribution in [0.1, 0.15) is 6.42 Å². The van der Waals surface area contributed by atoms with Crippen molar-refractivity contribution in [1.82, 2.24) is 9.55 Å². The van der Waals surface area contributed by atoms with Crippen LogP contribution in [0, 0.1) is 0 Å². The van der Waals surface area contributed by atoms with E-state index in [1.165, 1.54) is 0 Å². The zero-order valence-electron chi connectivity index (χ0n) is 10.6. The Balaban J connectivity index is 2.02. The number of aliphatic hydroxyl groups is 1. The molecule has 0 bridgehead atoms. The second kappa shape index (κ2) is 6.44. The molecule has 0 aromatic carbocycles. The van der Waals surface area contributed by atoms with Gasteiger partial charge in [0, 0.05) is 26.1 Å². The van der Waals surface area contributed by atoms with Gasteiger partial charge in [-0.3, -0.25) is 0 Å². The van der Waals surface area contributed by atoms with Crippen molar-refractivity contribution in [3.05, 3.63) is 18.7 Å². The summed E-state index contributed by atoms with van der Waals surface area (Å²) in [6.07, 6.45) is 6.13. The molecule has 18 heavy (non-hydrogen) atoms. The minimum atomic E-state index is -2.47. The molecule has 2 rings (SSSR count). The highest BCUT2D eigenvalue weighted by Crippen LogP contribution is 2.20. The molecule has 1 N–H and O–H groups in total. The number of aromatic nitrogens is 2. The predicted molar refractivity (Wildman–Crippen MR) is 67.2 cm³/mol. The molecule has 1 fully saturated rings. The summed E-state index contributed by atoms with van der Waals surface area (Å²) in [6, 6.07) is 0.764. The van der Waals surface area contributed by atoms with Gasteiger partial charge in [-0.15, -0.1) is 0 Å². The molecular formula is C11H20N2O4Si. The summed E-state index contributed by atoms with van der Waals surface area (Å²) in [5, 5.41) is 9.55. The van der Waals surface area contributed by atoms with E-state index in [4.69, 9.17) is 13.6 Å². The molecular weight excluding hydrogens is 252 g/mol. The second-order valence-electron chi connectivity index (χ2n) is 4.45. The average Bonchev–Trinajstić information content (AvgIpc) is 2.86. The third kappa shape index (κ3) is 3.39. The maximum absolute atomic E-state index is 9.55. The Bertz CT molecular complexity index is 343. The van der Waals surface area contributed by atoms with Crippen LogP contribution in [0.5, 0.6) is 0 Å². The molecule has 0 amide bonds. The lowest BCUT2D eigenvalue weighted by atomic mass is 10.4. The molecule has 1 saturated heterocycles. The number of hydrogen-bond donors (Lipinski definition) is 1. The molecule has 1 aromatic heterocycles. The molecule has 0 spiro atoms. The number of nitrogens with zero attached hydrogens (tertiary/aromatic N) is 2. The monoisotopic (exact) mass is 272 g/mol. The molecule has 0 aliphatic carbocycles. The van der Waals surface area contributed by atoms with Crippen molar-refractivity contribution < 1.29 is 18.7 Å². The third-order valence-electron chi connectivity index (χ3n) is 3.12. The van der Waals surface area contributed by atoms with Gasteiger partial charge in [-0.2, -0.15) is 0 Å². The number of ether oxygens (including phenoxy) is 1.